The largest absolute Gasteiger partial charge is 0.332 e. The SMILES string of the molecule is CCC=CN(C=CCCCCCC)C=CCCCCCC. The van der Waals surface area contributed by atoms with E-state index in [1.54, 1.807) is 0 Å². The van der Waals surface area contributed by atoms with Gasteiger partial charge in [-0.05, 0) is 32.1 Å². The standard InChI is InChI=1S/C20H37N/c1-4-7-10-12-14-16-19-21(18-9-6-3)20-17-15-13-11-8-5-2/h9,16-20H,4-8,10-15H2,1-3H3. The third-order valence-electron chi connectivity index (χ3n) is 3.52. The Kier molecular flexibility index (Phi) is 16.3. The van der Waals surface area contributed by atoms with Gasteiger partial charge in [0.15, 0.2) is 0 Å². The Balaban J connectivity index is 3.98. The molecule has 0 rings (SSSR count). The predicted molar refractivity (Wildman–Crippen MR) is 97.1 cm³/mol. The minimum absolute atomic E-state index is 1.09. The van der Waals surface area contributed by atoms with E-state index in [-0.39, 0.29) is 0 Å². The van der Waals surface area contributed by atoms with Gasteiger partial charge in [0, 0.05) is 18.6 Å². The van der Waals surface area contributed by atoms with Crippen LogP contribution < -0.4 is 0 Å². The molecule has 0 saturated heterocycles. The predicted octanol–water partition coefficient (Wildman–Crippen LogP) is 7.18. The second-order valence-corrected chi connectivity index (χ2v) is 5.71. The van der Waals surface area contributed by atoms with E-state index in [1.165, 1.54) is 64.2 Å². The molecule has 0 aliphatic heterocycles. The Morgan fingerprint density at radius 2 is 1.05 bits per heavy atom. The highest BCUT2D eigenvalue weighted by Gasteiger charge is 1.89. The lowest BCUT2D eigenvalue weighted by Gasteiger charge is -2.09. The first-order chi connectivity index (χ1) is 10.3. The Bertz CT molecular complexity index is 254. The molecule has 0 bridgehead atoms. The molecular formula is C20H37N. The summed E-state index contributed by atoms with van der Waals surface area (Å²) in [4.78, 5) is 2.20. The first-order valence-electron chi connectivity index (χ1n) is 9.12. The van der Waals surface area contributed by atoms with Crippen LogP contribution in [0.1, 0.15) is 91.4 Å². The minimum Gasteiger partial charge on any atom is -0.332 e. The number of allylic oxidation sites excluding steroid dienone is 3. The van der Waals surface area contributed by atoms with Crippen LogP contribution in [0, 0.1) is 0 Å². The van der Waals surface area contributed by atoms with Crippen LogP contribution in [0.2, 0.25) is 0 Å². The molecule has 122 valence electrons. The maximum Gasteiger partial charge on any atom is 0.00417 e. The van der Waals surface area contributed by atoms with Crippen LogP contribution in [0.15, 0.2) is 36.8 Å². The topological polar surface area (TPSA) is 3.24 Å². The third-order valence-corrected chi connectivity index (χ3v) is 3.52. The van der Waals surface area contributed by atoms with Gasteiger partial charge in [-0.25, -0.2) is 0 Å². The zero-order valence-electron chi connectivity index (χ0n) is 14.7. The van der Waals surface area contributed by atoms with Gasteiger partial charge < -0.3 is 4.90 Å². The van der Waals surface area contributed by atoms with Gasteiger partial charge in [-0.2, -0.15) is 0 Å². The van der Waals surface area contributed by atoms with Gasteiger partial charge in [0.05, 0.1) is 0 Å². The fourth-order valence-electron chi connectivity index (χ4n) is 2.15. The van der Waals surface area contributed by atoms with E-state index in [2.05, 4.69) is 62.5 Å². The molecule has 0 radical (unpaired) electrons. The van der Waals surface area contributed by atoms with Crippen molar-refractivity contribution in [2.45, 2.75) is 91.4 Å². The maximum absolute atomic E-state index is 2.30. The van der Waals surface area contributed by atoms with Crippen LogP contribution in [0.5, 0.6) is 0 Å². The summed E-state index contributed by atoms with van der Waals surface area (Å²) in [7, 11) is 0. The molecule has 0 aromatic carbocycles. The van der Waals surface area contributed by atoms with Crippen molar-refractivity contribution >= 4 is 0 Å². The summed E-state index contributed by atoms with van der Waals surface area (Å²) < 4.78 is 0. The summed E-state index contributed by atoms with van der Waals surface area (Å²) in [5.74, 6) is 0. The highest BCUT2D eigenvalue weighted by Crippen LogP contribution is 2.06. The Labute approximate surface area is 133 Å². The fraction of sp³-hybridized carbons (Fsp3) is 0.700. The Morgan fingerprint density at radius 1 is 0.571 bits per heavy atom. The van der Waals surface area contributed by atoms with E-state index in [9.17, 15) is 0 Å². The van der Waals surface area contributed by atoms with Crippen LogP contribution in [0.25, 0.3) is 0 Å². The normalized spacial score (nSPS) is 12.1. The maximum atomic E-state index is 2.30. The Hall–Kier alpha value is -0.980. The molecule has 0 heterocycles. The van der Waals surface area contributed by atoms with E-state index < -0.39 is 0 Å². The lowest BCUT2D eigenvalue weighted by molar-refractivity contribution is 0.647. The van der Waals surface area contributed by atoms with Crippen molar-refractivity contribution in [3.8, 4) is 0 Å². The second kappa shape index (κ2) is 17.1. The lowest BCUT2D eigenvalue weighted by atomic mass is 10.1. The van der Waals surface area contributed by atoms with Crippen LogP contribution in [0.3, 0.4) is 0 Å². The number of hydrogen-bond donors (Lipinski definition) is 0. The summed E-state index contributed by atoms with van der Waals surface area (Å²) in [6.45, 7) is 6.70. The quantitative estimate of drug-likeness (QED) is 0.306. The zero-order valence-corrected chi connectivity index (χ0v) is 14.7. The van der Waals surface area contributed by atoms with Gasteiger partial charge in [0.25, 0.3) is 0 Å². The molecule has 0 aliphatic rings. The van der Waals surface area contributed by atoms with E-state index >= 15 is 0 Å². The minimum atomic E-state index is 1.09. The van der Waals surface area contributed by atoms with E-state index in [0.717, 1.165) is 6.42 Å². The smallest absolute Gasteiger partial charge is 0.00417 e. The molecule has 0 fully saturated rings. The van der Waals surface area contributed by atoms with Gasteiger partial charge in [-0.3, -0.25) is 0 Å². The number of nitrogens with zero attached hydrogens (tertiary/aromatic N) is 1. The summed E-state index contributed by atoms with van der Waals surface area (Å²) in [6.07, 6.45) is 27.6. The molecule has 1 heteroatoms. The van der Waals surface area contributed by atoms with E-state index in [1.807, 2.05) is 0 Å². The first kappa shape index (κ1) is 20.0. The third kappa shape index (κ3) is 15.2. The summed E-state index contributed by atoms with van der Waals surface area (Å²) in [6, 6.07) is 0. The second-order valence-electron chi connectivity index (χ2n) is 5.71. The molecule has 1 nitrogen and oxygen atoms in total. The molecule has 0 spiro atoms. The van der Waals surface area contributed by atoms with E-state index in [0.29, 0.717) is 0 Å². The van der Waals surface area contributed by atoms with Gasteiger partial charge in [0.2, 0.25) is 0 Å². The molecule has 0 aromatic heterocycles. The number of rotatable bonds is 14. The van der Waals surface area contributed by atoms with Gasteiger partial charge in [-0.1, -0.05) is 77.5 Å². The molecule has 0 unspecified atom stereocenters. The Morgan fingerprint density at radius 3 is 1.48 bits per heavy atom. The van der Waals surface area contributed by atoms with Crippen molar-refractivity contribution < 1.29 is 0 Å². The van der Waals surface area contributed by atoms with Crippen molar-refractivity contribution in [2.75, 3.05) is 0 Å². The highest BCUT2D eigenvalue weighted by molar-refractivity contribution is 4.99. The van der Waals surface area contributed by atoms with Gasteiger partial charge >= 0.3 is 0 Å². The molecule has 0 amide bonds. The number of unbranched alkanes of at least 4 members (excludes halogenated alkanes) is 8. The van der Waals surface area contributed by atoms with Crippen LogP contribution in [0.4, 0.5) is 0 Å². The van der Waals surface area contributed by atoms with Gasteiger partial charge in [0.1, 0.15) is 0 Å². The fourth-order valence-corrected chi connectivity index (χ4v) is 2.15. The molecule has 21 heavy (non-hydrogen) atoms. The summed E-state index contributed by atoms with van der Waals surface area (Å²) >= 11 is 0. The highest BCUT2D eigenvalue weighted by atomic mass is 15.1. The molecule has 0 saturated carbocycles. The average Bonchev–Trinajstić information content (AvgIpc) is 2.50. The molecule has 0 aliphatic carbocycles. The zero-order chi connectivity index (χ0) is 15.6. The summed E-state index contributed by atoms with van der Waals surface area (Å²) in [5.41, 5.74) is 0. The van der Waals surface area contributed by atoms with Crippen LogP contribution >= 0.6 is 0 Å². The van der Waals surface area contributed by atoms with Crippen molar-refractivity contribution in [3.05, 3.63) is 36.8 Å². The monoisotopic (exact) mass is 291 g/mol. The summed E-state index contributed by atoms with van der Waals surface area (Å²) in [5, 5.41) is 0. The average molecular weight is 292 g/mol. The molecule has 0 aromatic rings. The van der Waals surface area contributed by atoms with Gasteiger partial charge in [-0.15, -0.1) is 0 Å². The van der Waals surface area contributed by atoms with Crippen LogP contribution in [-0.2, 0) is 0 Å². The number of hydrogen-bond acceptors (Lipinski definition) is 1. The van der Waals surface area contributed by atoms with Crippen molar-refractivity contribution in [3.63, 3.8) is 0 Å². The molecular weight excluding hydrogens is 254 g/mol. The molecule has 0 N–H and O–H groups in total. The van der Waals surface area contributed by atoms with Crippen molar-refractivity contribution in [1.29, 1.82) is 0 Å². The lowest BCUT2D eigenvalue weighted by Crippen LogP contribution is -1.98. The van der Waals surface area contributed by atoms with E-state index in [4.69, 9.17) is 0 Å². The first-order valence-corrected chi connectivity index (χ1v) is 9.12. The van der Waals surface area contributed by atoms with Crippen molar-refractivity contribution in [2.24, 2.45) is 0 Å². The van der Waals surface area contributed by atoms with Crippen molar-refractivity contribution in [1.82, 2.24) is 4.90 Å². The molecule has 0 atom stereocenters. The van der Waals surface area contributed by atoms with Crippen LogP contribution in [-0.4, -0.2) is 4.90 Å².